The topological polar surface area (TPSA) is 75.7 Å². The van der Waals surface area contributed by atoms with Crippen molar-refractivity contribution in [3.05, 3.63) is 65.5 Å². The molecule has 0 saturated carbocycles. The van der Waals surface area contributed by atoms with E-state index in [4.69, 9.17) is 4.74 Å². The number of carbonyl (C=O) groups excluding carboxylic acids is 3. The van der Waals surface area contributed by atoms with E-state index in [1.807, 2.05) is 0 Å². The molecule has 0 radical (unpaired) electrons. The van der Waals surface area contributed by atoms with Crippen LogP contribution >= 0.6 is 0 Å². The maximum Gasteiger partial charge on any atom is 0.308 e. The second-order valence-electron chi connectivity index (χ2n) is 7.05. The molecular formula is C22H23FN2O4. The van der Waals surface area contributed by atoms with Gasteiger partial charge in [0.2, 0.25) is 0 Å². The summed E-state index contributed by atoms with van der Waals surface area (Å²) in [5.41, 5.74) is 0.503. The van der Waals surface area contributed by atoms with Crippen molar-refractivity contribution in [2.75, 3.05) is 19.6 Å². The first-order valence-corrected chi connectivity index (χ1v) is 9.54. The van der Waals surface area contributed by atoms with Crippen LogP contribution in [0.15, 0.2) is 48.5 Å². The van der Waals surface area contributed by atoms with Crippen LogP contribution in [-0.2, 0) is 4.79 Å². The average molecular weight is 398 g/mol. The second-order valence-corrected chi connectivity index (χ2v) is 7.05. The molecule has 0 bridgehead atoms. The minimum atomic E-state index is -0.540. The van der Waals surface area contributed by atoms with Crippen molar-refractivity contribution in [3.63, 3.8) is 0 Å². The van der Waals surface area contributed by atoms with Gasteiger partial charge < -0.3 is 15.0 Å². The largest absolute Gasteiger partial charge is 0.427 e. The molecule has 1 N–H and O–H groups in total. The number of benzene rings is 2. The van der Waals surface area contributed by atoms with E-state index in [9.17, 15) is 18.8 Å². The summed E-state index contributed by atoms with van der Waals surface area (Å²) in [6.07, 6.45) is 1.49. The summed E-state index contributed by atoms with van der Waals surface area (Å²) < 4.78 is 18.7. The fraction of sp³-hybridized carbons (Fsp3) is 0.318. The fourth-order valence-corrected chi connectivity index (χ4v) is 3.36. The Kier molecular flexibility index (Phi) is 6.59. The molecule has 152 valence electrons. The third kappa shape index (κ3) is 5.40. The Hall–Kier alpha value is -3.22. The SMILES string of the molecule is CC(=O)Oc1cccc(C(=O)N2CCC(CNC(=O)c3ccccc3F)CC2)c1. The summed E-state index contributed by atoms with van der Waals surface area (Å²) in [4.78, 5) is 37.7. The monoisotopic (exact) mass is 398 g/mol. The first-order chi connectivity index (χ1) is 13.9. The molecule has 1 saturated heterocycles. The summed E-state index contributed by atoms with van der Waals surface area (Å²) >= 11 is 0. The Balaban J connectivity index is 1.50. The smallest absolute Gasteiger partial charge is 0.308 e. The van der Waals surface area contributed by atoms with Gasteiger partial charge in [0, 0.05) is 32.1 Å². The molecular weight excluding hydrogens is 375 g/mol. The van der Waals surface area contributed by atoms with Crippen LogP contribution in [0.2, 0.25) is 0 Å². The van der Waals surface area contributed by atoms with E-state index >= 15 is 0 Å². The summed E-state index contributed by atoms with van der Waals surface area (Å²) in [6.45, 7) is 2.88. The second kappa shape index (κ2) is 9.32. The van der Waals surface area contributed by atoms with Gasteiger partial charge in [0.25, 0.3) is 11.8 Å². The highest BCUT2D eigenvalue weighted by Gasteiger charge is 2.24. The molecule has 7 heteroatoms. The lowest BCUT2D eigenvalue weighted by atomic mass is 9.96. The number of hydrogen-bond donors (Lipinski definition) is 1. The van der Waals surface area contributed by atoms with E-state index in [0.29, 0.717) is 30.9 Å². The van der Waals surface area contributed by atoms with Gasteiger partial charge >= 0.3 is 5.97 Å². The van der Waals surface area contributed by atoms with Gasteiger partial charge in [0.15, 0.2) is 0 Å². The Morgan fingerprint density at radius 2 is 1.83 bits per heavy atom. The standard InChI is InChI=1S/C22H23FN2O4/c1-15(26)29-18-6-4-5-17(13-18)22(28)25-11-9-16(10-12-25)14-24-21(27)19-7-2-3-8-20(19)23/h2-8,13,16H,9-12,14H2,1H3,(H,24,27). The van der Waals surface area contributed by atoms with Crippen LogP contribution in [-0.4, -0.2) is 42.3 Å². The van der Waals surface area contributed by atoms with Crippen molar-refractivity contribution in [3.8, 4) is 5.75 Å². The third-order valence-corrected chi connectivity index (χ3v) is 4.91. The highest BCUT2D eigenvalue weighted by molar-refractivity contribution is 5.95. The summed E-state index contributed by atoms with van der Waals surface area (Å²) in [5.74, 6) is -0.956. The Morgan fingerprint density at radius 3 is 2.52 bits per heavy atom. The number of nitrogens with one attached hydrogen (secondary N) is 1. The van der Waals surface area contributed by atoms with Crippen molar-refractivity contribution in [1.82, 2.24) is 10.2 Å². The van der Waals surface area contributed by atoms with Gasteiger partial charge in [0.1, 0.15) is 11.6 Å². The number of carbonyl (C=O) groups is 3. The quantitative estimate of drug-likeness (QED) is 0.621. The van der Waals surface area contributed by atoms with Gasteiger partial charge in [-0.1, -0.05) is 18.2 Å². The van der Waals surface area contributed by atoms with E-state index in [0.717, 1.165) is 12.8 Å². The first-order valence-electron chi connectivity index (χ1n) is 9.54. The zero-order valence-electron chi connectivity index (χ0n) is 16.2. The van der Waals surface area contributed by atoms with E-state index < -0.39 is 17.7 Å². The van der Waals surface area contributed by atoms with E-state index in [2.05, 4.69) is 5.32 Å². The van der Waals surface area contributed by atoms with Crippen LogP contribution in [0.5, 0.6) is 5.75 Å². The van der Waals surface area contributed by atoms with E-state index in [1.165, 1.54) is 19.1 Å². The van der Waals surface area contributed by atoms with Crippen molar-refractivity contribution in [2.45, 2.75) is 19.8 Å². The normalized spacial score (nSPS) is 14.3. The lowest BCUT2D eigenvalue weighted by molar-refractivity contribution is -0.131. The number of hydrogen-bond acceptors (Lipinski definition) is 4. The molecule has 6 nitrogen and oxygen atoms in total. The number of nitrogens with zero attached hydrogens (tertiary/aromatic N) is 1. The van der Waals surface area contributed by atoms with Crippen LogP contribution in [0, 0.1) is 11.7 Å². The van der Waals surface area contributed by atoms with Gasteiger partial charge in [-0.15, -0.1) is 0 Å². The number of halogens is 1. The lowest BCUT2D eigenvalue weighted by Gasteiger charge is -2.32. The van der Waals surface area contributed by atoms with E-state index in [-0.39, 0.29) is 17.4 Å². The summed E-state index contributed by atoms with van der Waals surface area (Å²) in [6, 6.07) is 12.4. The molecule has 0 aromatic heterocycles. The molecule has 2 aromatic rings. The molecule has 1 aliphatic rings. The molecule has 29 heavy (non-hydrogen) atoms. The van der Waals surface area contributed by atoms with Crippen molar-refractivity contribution in [1.29, 1.82) is 0 Å². The molecule has 1 fully saturated rings. The molecule has 1 aliphatic heterocycles. The number of rotatable bonds is 5. The van der Waals surface area contributed by atoms with Crippen molar-refractivity contribution in [2.24, 2.45) is 5.92 Å². The maximum atomic E-state index is 13.7. The molecule has 2 aromatic carbocycles. The number of likely N-dealkylation sites (tertiary alicyclic amines) is 1. The highest BCUT2D eigenvalue weighted by Crippen LogP contribution is 2.21. The molecule has 0 atom stereocenters. The number of piperidine rings is 1. The minimum Gasteiger partial charge on any atom is -0.427 e. The van der Waals surface area contributed by atoms with Gasteiger partial charge in [-0.25, -0.2) is 4.39 Å². The van der Waals surface area contributed by atoms with Gasteiger partial charge in [-0.2, -0.15) is 0 Å². The average Bonchev–Trinajstić information content (AvgIpc) is 2.72. The molecule has 3 rings (SSSR count). The zero-order valence-corrected chi connectivity index (χ0v) is 16.2. The first kappa shape index (κ1) is 20.5. The fourth-order valence-electron chi connectivity index (χ4n) is 3.36. The summed E-state index contributed by atoms with van der Waals surface area (Å²) in [7, 11) is 0. The predicted molar refractivity (Wildman–Crippen MR) is 105 cm³/mol. The molecule has 0 unspecified atom stereocenters. The Bertz CT molecular complexity index is 907. The van der Waals surface area contributed by atoms with Gasteiger partial charge in [-0.3, -0.25) is 14.4 Å². The van der Waals surface area contributed by atoms with Crippen LogP contribution < -0.4 is 10.1 Å². The van der Waals surface area contributed by atoms with Crippen LogP contribution in [0.4, 0.5) is 4.39 Å². The predicted octanol–water partition coefficient (Wildman–Crippen LogP) is 3.03. The Morgan fingerprint density at radius 1 is 1.10 bits per heavy atom. The highest BCUT2D eigenvalue weighted by atomic mass is 19.1. The van der Waals surface area contributed by atoms with Crippen LogP contribution in [0.3, 0.4) is 0 Å². The molecule has 2 amide bonds. The Labute approximate surface area is 168 Å². The minimum absolute atomic E-state index is 0.0350. The lowest BCUT2D eigenvalue weighted by Crippen LogP contribution is -2.41. The molecule has 0 aliphatic carbocycles. The van der Waals surface area contributed by atoms with Crippen molar-refractivity contribution < 1.29 is 23.5 Å². The number of ether oxygens (including phenoxy) is 1. The molecule has 0 spiro atoms. The summed E-state index contributed by atoms with van der Waals surface area (Å²) in [5, 5.41) is 2.78. The van der Waals surface area contributed by atoms with Crippen LogP contribution in [0.1, 0.15) is 40.5 Å². The molecule has 1 heterocycles. The van der Waals surface area contributed by atoms with Gasteiger partial charge in [-0.05, 0) is 49.1 Å². The zero-order chi connectivity index (χ0) is 20.8. The van der Waals surface area contributed by atoms with E-state index in [1.54, 1.807) is 41.3 Å². The maximum absolute atomic E-state index is 13.7. The van der Waals surface area contributed by atoms with Gasteiger partial charge in [0.05, 0.1) is 5.56 Å². The van der Waals surface area contributed by atoms with Crippen LogP contribution in [0.25, 0.3) is 0 Å². The number of esters is 1. The third-order valence-electron chi connectivity index (χ3n) is 4.91. The van der Waals surface area contributed by atoms with Crippen molar-refractivity contribution >= 4 is 17.8 Å². The number of amides is 2.